The van der Waals surface area contributed by atoms with Gasteiger partial charge >= 0.3 is 0 Å². The molecule has 0 saturated heterocycles. The summed E-state index contributed by atoms with van der Waals surface area (Å²) < 4.78 is 30.1. The summed E-state index contributed by atoms with van der Waals surface area (Å²) in [5.74, 6) is -2.77. The lowest BCUT2D eigenvalue weighted by Gasteiger charge is -2.08. The number of rotatable bonds is 7. The van der Waals surface area contributed by atoms with E-state index in [-0.39, 0.29) is 22.3 Å². The summed E-state index contributed by atoms with van der Waals surface area (Å²) in [6, 6.07) is 11.3. The van der Waals surface area contributed by atoms with Crippen molar-refractivity contribution in [1.29, 1.82) is 0 Å². The van der Waals surface area contributed by atoms with Crippen molar-refractivity contribution in [2.24, 2.45) is 0 Å². The molecule has 0 spiro atoms. The van der Waals surface area contributed by atoms with Gasteiger partial charge in [-0.3, -0.25) is 9.59 Å². The zero-order valence-corrected chi connectivity index (χ0v) is 15.0. The average Bonchev–Trinajstić information content (AvgIpc) is 2.60. The summed E-state index contributed by atoms with van der Waals surface area (Å²) in [5.41, 5.74) is 1.79. The molecule has 136 valence electrons. The van der Waals surface area contributed by atoms with Crippen LogP contribution >= 0.6 is 11.8 Å². The van der Waals surface area contributed by atoms with Crippen LogP contribution in [0.4, 0.5) is 14.5 Å². The molecule has 0 aliphatic heterocycles. The number of ketones is 1. The van der Waals surface area contributed by atoms with Gasteiger partial charge in [-0.1, -0.05) is 30.0 Å². The second-order valence-corrected chi connectivity index (χ2v) is 6.28. The van der Waals surface area contributed by atoms with E-state index in [0.717, 1.165) is 5.56 Å². The van der Waals surface area contributed by atoms with Crippen LogP contribution in [0.1, 0.15) is 22.8 Å². The Morgan fingerprint density at radius 1 is 1.15 bits per heavy atom. The molecule has 0 aliphatic rings. The predicted molar refractivity (Wildman–Crippen MR) is 99.0 cm³/mol. The molecule has 2 aromatic rings. The van der Waals surface area contributed by atoms with E-state index in [0.29, 0.717) is 23.0 Å². The van der Waals surface area contributed by atoms with Crippen molar-refractivity contribution in [3.05, 3.63) is 59.7 Å². The number of halogens is 2. The third-order valence-electron chi connectivity index (χ3n) is 3.32. The van der Waals surface area contributed by atoms with Crippen LogP contribution in [0.5, 0.6) is 5.75 Å². The van der Waals surface area contributed by atoms with Crippen LogP contribution in [0.25, 0.3) is 6.08 Å². The molecule has 0 bridgehead atoms. The van der Waals surface area contributed by atoms with E-state index in [1.54, 1.807) is 30.3 Å². The Bertz CT molecular complexity index is 820. The summed E-state index contributed by atoms with van der Waals surface area (Å²) >= 11 is 0.368. The number of alkyl halides is 2. The molecule has 0 heterocycles. The van der Waals surface area contributed by atoms with E-state index >= 15 is 0 Å². The van der Waals surface area contributed by atoms with Crippen LogP contribution in [0.15, 0.2) is 53.4 Å². The number of benzene rings is 2. The zero-order valence-electron chi connectivity index (χ0n) is 14.2. The van der Waals surface area contributed by atoms with Gasteiger partial charge in [0.05, 0.1) is 12.0 Å². The number of hydrogen-bond acceptors (Lipinski definition) is 4. The van der Waals surface area contributed by atoms with Crippen molar-refractivity contribution in [2.45, 2.75) is 17.6 Å². The highest BCUT2D eigenvalue weighted by Gasteiger charge is 2.13. The lowest BCUT2D eigenvalue weighted by Crippen LogP contribution is -2.05. The fourth-order valence-electron chi connectivity index (χ4n) is 2.16. The largest absolute Gasteiger partial charge is 0.496 e. The van der Waals surface area contributed by atoms with E-state index in [1.165, 1.54) is 38.3 Å². The zero-order chi connectivity index (χ0) is 19.1. The fraction of sp³-hybridized carbons (Fsp3) is 0.158. The van der Waals surface area contributed by atoms with Gasteiger partial charge in [0.15, 0.2) is 5.78 Å². The molecular formula is C19H17F2NO3S. The van der Waals surface area contributed by atoms with Gasteiger partial charge in [-0.2, -0.15) is 8.78 Å². The Morgan fingerprint density at radius 3 is 2.42 bits per heavy atom. The van der Waals surface area contributed by atoms with Crippen LogP contribution in [-0.2, 0) is 4.79 Å². The first kappa shape index (κ1) is 19.7. The van der Waals surface area contributed by atoms with Crippen molar-refractivity contribution in [3.63, 3.8) is 0 Å². The molecule has 0 atom stereocenters. The van der Waals surface area contributed by atoms with Crippen molar-refractivity contribution in [1.82, 2.24) is 0 Å². The van der Waals surface area contributed by atoms with Gasteiger partial charge in [0.2, 0.25) is 5.91 Å². The molecule has 0 aromatic heterocycles. The molecular weight excluding hydrogens is 360 g/mol. The molecule has 0 fully saturated rings. The smallest absolute Gasteiger partial charge is 0.289 e. The maximum Gasteiger partial charge on any atom is 0.289 e. The minimum Gasteiger partial charge on any atom is -0.496 e. The van der Waals surface area contributed by atoms with Crippen molar-refractivity contribution >= 4 is 35.2 Å². The highest BCUT2D eigenvalue weighted by molar-refractivity contribution is 7.99. The maximum absolute atomic E-state index is 12.5. The quantitative estimate of drug-likeness (QED) is 0.425. The average molecular weight is 377 g/mol. The second kappa shape index (κ2) is 9.15. The van der Waals surface area contributed by atoms with Crippen LogP contribution < -0.4 is 10.1 Å². The van der Waals surface area contributed by atoms with Crippen molar-refractivity contribution in [3.8, 4) is 5.75 Å². The lowest BCUT2D eigenvalue weighted by atomic mass is 10.1. The van der Waals surface area contributed by atoms with Crippen LogP contribution in [0.2, 0.25) is 0 Å². The first-order chi connectivity index (χ1) is 12.4. The van der Waals surface area contributed by atoms with Gasteiger partial charge in [0, 0.05) is 18.2 Å². The number of anilines is 1. The molecule has 0 aliphatic carbocycles. The summed E-state index contributed by atoms with van der Waals surface area (Å²) in [5, 5.41) is 2.65. The highest BCUT2D eigenvalue weighted by Crippen LogP contribution is 2.34. The Balaban J connectivity index is 2.11. The van der Waals surface area contributed by atoms with Gasteiger partial charge in [-0.05, 0) is 42.0 Å². The molecule has 0 radical (unpaired) electrons. The molecule has 4 nitrogen and oxygen atoms in total. The Morgan fingerprint density at radius 2 is 1.85 bits per heavy atom. The van der Waals surface area contributed by atoms with Crippen LogP contribution in [0.3, 0.4) is 0 Å². The number of thioether (sulfide) groups is 1. The summed E-state index contributed by atoms with van der Waals surface area (Å²) in [6.07, 6.45) is 3.02. The SMILES string of the molecule is COc1cc(C(=O)/C=C/c2ccc(NC(C)=O)cc2)ccc1SC(F)F. The molecule has 1 amide bonds. The van der Waals surface area contributed by atoms with Crippen molar-refractivity contribution in [2.75, 3.05) is 12.4 Å². The second-order valence-electron chi connectivity index (χ2n) is 5.24. The van der Waals surface area contributed by atoms with Gasteiger partial charge in [0.1, 0.15) is 5.75 Å². The van der Waals surface area contributed by atoms with E-state index in [4.69, 9.17) is 4.74 Å². The summed E-state index contributed by atoms with van der Waals surface area (Å²) in [7, 11) is 1.37. The van der Waals surface area contributed by atoms with E-state index in [1.807, 2.05) is 0 Å². The Hall–Kier alpha value is -2.67. The first-order valence-electron chi connectivity index (χ1n) is 7.62. The number of allylic oxidation sites excluding steroid dienone is 1. The minimum absolute atomic E-state index is 0.161. The maximum atomic E-state index is 12.5. The molecule has 0 unspecified atom stereocenters. The van der Waals surface area contributed by atoms with E-state index in [9.17, 15) is 18.4 Å². The molecule has 2 aromatic carbocycles. The highest BCUT2D eigenvalue weighted by atomic mass is 32.2. The Kier molecular flexibility index (Phi) is 6.91. The number of hydrogen-bond donors (Lipinski definition) is 1. The number of carbonyl (C=O) groups is 2. The van der Waals surface area contributed by atoms with Gasteiger partial charge < -0.3 is 10.1 Å². The molecule has 1 N–H and O–H groups in total. The van der Waals surface area contributed by atoms with Crippen LogP contribution in [0, 0.1) is 0 Å². The van der Waals surface area contributed by atoms with Gasteiger partial charge in [-0.25, -0.2) is 0 Å². The number of methoxy groups -OCH3 is 1. The molecule has 2 rings (SSSR count). The van der Waals surface area contributed by atoms with E-state index < -0.39 is 5.76 Å². The summed E-state index contributed by atoms with van der Waals surface area (Å²) in [6.45, 7) is 1.42. The number of ether oxygens (including phenoxy) is 1. The molecule has 0 saturated carbocycles. The monoisotopic (exact) mass is 377 g/mol. The van der Waals surface area contributed by atoms with Crippen molar-refractivity contribution < 1.29 is 23.1 Å². The third kappa shape index (κ3) is 5.70. The number of nitrogens with one attached hydrogen (secondary N) is 1. The topological polar surface area (TPSA) is 55.4 Å². The molecule has 7 heteroatoms. The lowest BCUT2D eigenvalue weighted by molar-refractivity contribution is -0.114. The fourth-order valence-corrected chi connectivity index (χ4v) is 2.76. The third-order valence-corrected chi connectivity index (χ3v) is 4.09. The first-order valence-corrected chi connectivity index (χ1v) is 8.50. The minimum atomic E-state index is -2.56. The number of carbonyl (C=O) groups excluding carboxylic acids is 2. The Labute approximate surface area is 154 Å². The predicted octanol–water partition coefficient (Wildman–Crippen LogP) is 4.86. The van der Waals surface area contributed by atoms with E-state index in [2.05, 4.69) is 5.32 Å². The standard InChI is InChI=1S/C19H17F2NO3S/c1-12(23)22-15-7-3-13(4-8-15)5-9-16(24)14-6-10-18(26-19(20)21)17(11-14)25-2/h3-11,19H,1-2H3,(H,22,23)/b9-5+. The number of amides is 1. The molecule has 26 heavy (non-hydrogen) atoms. The summed E-state index contributed by atoms with van der Waals surface area (Å²) in [4.78, 5) is 23.5. The van der Waals surface area contributed by atoms with Gasteiger partial charge in [-0.15, -0.1) is 0 Å². The normalized spacial score (nSPS) is 11.0. The van der Waals surface area contributed by atoms with Gasteiger partial charge in [0.25, 0.3) is 5.76 Å². The van der Waals surface area contributed by atoms with Crippen LogP contribution in [-0.4, -0.2) is 24.6 Å².